The quantitative estimate of drug-likeness (QED) is 0.320. The summed E-state index contributed by atoms with van der Waals surface area (Å²) in [5.41, 5.74) is 5.61. The van der Waals surface area contributed by atoms with E-state index in [1.165, 1.54) is 0 Å². The summed E-state index contributed by atoms with van der Waals surface area (Å²) in [5.74, 6) is -3.18. The van der Waals surface area contributed by atoms with E-state index >= 15 is 0 Å². The van der Waals surface area contributed by atoms with E-state index in [1.807, 2.05) is 0 Å². The molecule has 4 N–H and O–H groups in total. The number of hydrogen-bond donors (Lipinski definition) is 3. The van der Waals surface area contributed by atoms with E-state index in [4.69, 9.17) is 10.9 Å². The number of nitrogens with zero attached hydrogens (tertiary/aromatic N) is 1. The largest absolute Gasteiger partial charge is 0.409 e. The lowest BCUT2D eigenvalue weighted by atomic mass is 9.86. The second kappa shape index (κ2) is 5.93. The van der Waals surface area contributed by atoms with Gasteiger partial charge in [-0.2, -0.15) is 0 Å². The van der Waals surface area contributed by atoms with E-state index in [0.717, 1.165) is 19.3 Å². The number of halogens is 2. The standard InChI is InChI=1S/C13H21F2N3O2/c14-13(15)6-4-8(5-7-13)12(19)17-10-3-1-2-9(10)11(16)18-20/h8-10,20H,1-7H2,(H2,16,18)(H,17,19). The lowest BCUT2D eigenvalue weighted by Crippen LogP contribution is -2.45. The zero-order valence-electron chi connectivity index (χ0n) is 11.3. The van der Waals surface area contributed by atoms with Crippen molar-refractivity contribution in [2.24, 2.45) is 22.7 Å². The zero-order valence-corrected chi connectivity index (χ0v) is 11.3. The molecule has 0 saturated heterocycles. The van der Waals surface area contributed by atoms with E-state index in [9.17, 15) is 13.6 Å². The van der Waals surface area contributed by atoms with Crippen LogP contribution in [-0.4, -0.2) is 28.9 Å². The molecule has 7 heteroatoms. The molecular formula is C13H21F2N3O2. The normalized spacial score (nSPS) is 31.2. The van der Waals surface area contributed by atoms with Crippen molar-refractivity contribution in [1.82, 2.24) is 5.32 Å². The lowest BCUT2D eigenvalue weighted by Gasteiger charge is -2.29. The van der Waals surface area contributed by atoms with Crippen molar-refractivity contribution >= 4 is 11.7 Å². The molecular weight excluding hydrogens is 268 g/mol. The van der Waals surface area contributed by atoms with Gasteiger partial charge in [-0.25, -0.2) is 8.78 Å². The predicted octanol–water partition coefficient (Wildman–Crippen LogP) is 1.84. The van der Waals surface area contributed by atoms with Crippen LogP contribution in [0.15, 0.2) is 5.16 Å². The summed E-state index contributed by atoms with van der Waals surface area (Å²) in [5, 5.41) is 14.6. The number of alkyl halides is 2. The van der Waals surface area contributed by atoms with Gasteiger partial charge >= 0.3 is 0 Å². The predicted molar refractivity (Wildman–Crippen MR) is 69.6 cm³/mol. The van der Waals surface area contributed by atoms with Crippen molar-refractivity contribution < 1.29 is 18.8 Å². The fraction of sp³-hybridized carbons (Fsp3) is 0.846. The molecule has 2 aliphatic rings. The van der Waals surface area contributed by atoms with Gasteiger partial charge in [-0.05, 0) is 25.7 Å². The van der Waals surface area contributed by atoms with Crippen molar-refractivity contribution in [1.29, 1.82) is 0 Å². The molecule has 0 aromatic carbocycles. The van der Waals surface area contributed by atoms with Crippen molar-refractivity contribution in [3.8, 4) is 0 Å². The van der Waals surface area contributed by atoms with Gasteiger partial charge in [0.05, 0.1) is 0 Å². The number of nitrogens with one attached hydrogen (secondary N) is 1. The van der Waals surface area contributed by atoms with Crippen molar-refractivity contribution in [3.63, 3.8) is 0 Å². The summed E-state index contributed by atoms with van der Waals surface area (Å²) in [6.07, 6.45) is 2.44. The Kier molecular flexibility index (Phi) is 4.45. The highest BCUT2D eigenvalue weighted by molar-refractivity contribution is 5.85. The Morgan fingerprint density at radius 2 is 1.90 bits per heavy atom. The van der Waals surface area contributed by atoms with Gasteiger partial charge in [-0.15, -0.1) is 0 Å². The SMILES string of the molecule is NC(=NO)C1CCCC1NC(=O)C1CCC(F)(F)CC1. The maximum Gasteiger partial charge on any atom is 0.248 e. The van der Waals surface area contributed by atoms with Crippen LogP contribution in [0, 0.1) is 11.8 Å². The highest BCUT2D eigenvalue weighted by Gasteiger charge is 2.39. The minimum Gasteiger partial charge on any atom is -0.409 e. The molecule has 0 aliphatic heterocycles. The van der Waals surface area contributed by atoms with Crippen LogP contribution in [0.1, 0.15) is 44.9 Å². The van der Waals surface area contributed by atoms with Crippen LogP contribution in [0.2, 0.25) is 0 Å². The second-order valence-electron chi connectivity index (χ2n) is 5.81. The van der Waals surface area contributed by atoms with Crippen LogP contribution in [0.25, 0.3) is 0 Å². The molecule has 0 aromatic heterocycles. The first-order valence-corrected chi connectivity index (χ1v) is 7.08. The third kappa shape index (κ3) is 3.37. The molecule has 2 aliphatic carbocycles. The highest BCUT2D eigenvalue weighted by Crippen LogP contribution is 2.36. The number of hydrogen-bond acceptors (Lipinski definition) is 3. The molecule has 0 bridgehead atoms. The second-order valence-corrected chi connectivity index (χ2v) is 5.81. The van der Waals surface area contributed by atoms with E-state index < -0.39 is 5.92 Å². The molecule has 0 heterocycles. The molecule has 2 rings (SSSR count). The van der Waals surface area contributed by atoms with Gasteiger partial charge in [-0.1, -0.05) is 11.6 Å². The van der Waals surface area contributed by atoms with Gasteiger partial charge < -0.3 is 16.3 Å². The van der Waals surface area contributed by atoms with Crippen LogP contribution in [-0.2, 0) is 4.79 Å². The molecule has 20 heavy (non-hydrogen) atoms. The van der Waals surface area contributed by atoms with E-state index in [2.05, 4.69) is 10.5 Å². The molecule has 2 saturated carbocycles. The Balaban J connectivity index is 1.88. The van der Waals surface area contributed by atoms with Gasteiger partial charge in [0.1, 0.15) is 5.84 Å². The van der Waals surface area contributed by atoms with Gasteiger partial charge in [0.15, 0.2) is 0 Å². The maximum absolute atomic E-state index is 13.1. The summed E-state index contributed by atoms with van der Waals surface area (Å²) in [6, 6.07) is -0.152. The van der Waals surface area contributed by atoms with Crippen molar-refractivity contribution in [2.45, 2.75) is 56.9 Å². The first-order valence-electron chi connectivity index (χ1n) is 7.08. The van der Waals surface area contributed by atoms with Gasteiger partial charge in [0.2, 0.25) is 11.8 Å². The van der Waals surface area contributed by atoms with Gasteiger partial charge in [0.25, 0.3) is 0 Å². The monoisotopic (exact) mass is 289 g/mol. The van der Waals surface area contributed by atoms with Crippen LogP contribution in [0.4, 0.5) is 8.78 Å². The molecule has 0 spiro atoms. The molecule has 1 amide bonds. The fourth-order valence-electron chi connectivity index (χ4n) is 3.16. The Hall–Kier alpha value is -1.40. The smallest absolute Gasteiger partial charge is 0.248 e. The summed E-state index contributed by atoms with van der Waals surface area (Å²) in [7, 11) is 0. The first-order chi connectivity index (χ1) is 9.43. The number of amides is 1. The van der Waals surface area contributed by atoms with Crippen LogP contribution in [0.3, 0.4) is 0 Å². The third-order valence-corrected chi connectivity index (χ3v) is 4.43. The average molecular weight is 289 g/mol. The van der Waals surface area contributed by atoms with Gasteiger partial charge in [0, 0.05) is 30.7 Å². The van der Waals surface area contributed by atoms with Crippen molar-refractivity contribution in [2.75, 3.05) is 0 Å². The van der Waals surface area contributed by atoms with E-state index in [1.54, 1.807) is 0 Å². The van der Waals surface area contributed by atoms with Crippen LogP contribution in [0.5, 0.6) is 0 Å². The number of amidine groups is 1. The molecule has 0 radical (unpaired) electrons. The summed E-state index contributed by atoms with van der Waals surface area (Å²) in [4.78, 5) is 12.1. The summed E-state index contributed by atoms with van der Waals surface area (Å²) >= 11 is 0. The molecule has 114 valence electrons. The summed E-state index contributed by atoms with van der Waals surface area (Å²) in [6.45, 7) is 0. The number of nitrogens with two attached hydrogens (primary N) is 1. The molecule has 0 aromatic rings. The maximum atomic E-state index is 13.1. The molecule has 2 atom stereocenters. The minimum atomic E-state index is -2.62. The van der Waals surface area contributed by atoms with Crippen LogP contribution >= 0.6 is 0 Å². The van der Waals surface area contributed by atoms with Crippen LogP contribution < -0.4 is 11.1 Å². The topological polar surface area (TPSA) is 87.7 Å². The lowest BCUT2D eigenvalue weighted by molar-refractivity contribution is -0.129. The Bertz CT molecular complexity index is 391. The molecule has 2 unspecified atom stereocenters. The minimum absolute atomic E-state index is 0.128. The highest BCUT2D eigenvalue weighted by atomic mass is 19.3. The van der Waals surface area contributed by atoms with Crippen molar-refractivity contribution in [3.05, 3.63) is 0 Å². The summed E-state index contributed by atoms with van der Waals surface area (Å²) < 4.78 is 26.1. The zero-order chi connectivity index (χ0) is 14.8. The molecule has 2 fully saturated rings. The number of carbonyl (C=O) groups is 1. The number of oxime groups is 1. The average Bonchev–Trinajstić information content (AvgIpc) is 2.85. The Labute approximate surface area is 116 Å². The Morgan fingerprint density at radius 1 is 1.25 bits per heavy atom. The van der Waals surface area contributed by atoms with E-state index in [-0.39, 0.29) is 55.3 Å². The van der Waals surface area contributed by atoms with Gasteiger partial charge in [-0.3, -0.25) is 4.79 Å². The number of carbonyl (C=O) groups excluding carboxylic acids is 1. The fourth-order valence-corrected chi connectivity index (χ4v) is 3.16. The number of rotatable bonds is 3. The van der Waals surface area contributed by atoms with E-state index in [0.29, 0.717) is 0 Å². The Morgan fingerprint density at radius 3 is 2.50 bits per heavy atom. The third-order valence-electron chi connectivity index (χ3n) is 4.43. The first kappa shape index (κ1) is 15.0. The molecule has 5 nitrogen and oxygen atoms in total.